The number of nitrogens with zero attached hydrogens (tertiary/aromatic N) is 1. The van der Waals surface area contributed by atoms with Crippen LogP contribution in [0, 0.1) is 0 Å². The normalized spacial score (nSPS) is 18.8. The zero-order chi connectivity index (χ0) is 13.2. The summed E-state index contributed by atoms with van der Waals surface area (Å²) in [4.78, 5) is 0.938. The van der Waals surface area contributed by atoms with Crippen LogP contribution in [0.15, 0.2) is 14.7 Å². The molecule has 0 amide bonds. The average molecular weight is 372 g/mol. The second kappa shape index (κ2) is 6.23. The van der Waals surface area contributed by atoms with Crippen LogP contribution in [0.25, 0.3) is 0 Å². The maximum atomic E-state index is 12.5. The van der Waals surface area contributed by atoms with E-state index in [2.05, 4.69) is 15.9 Å². The summed E-state index contributed by atoms with van der Waals surface area (Å²) >= 11 is 6.33. The Labute approximate surface area is 124 Å². The van der Waals surface area contributed by atoms with Crippen molar-refractivity contribution in [1.82, 2.24) is 4.31 Å². The lowest BCUT2D eigenvalue weighted by atomic mass is 10.5. The molecule has 18 heavy (non-hydrogen) atoms. The number of aliphatic hydroxyl groups is 1. The van der Waals surface area contributed by atoms with E-state index in [1.54, 1.807) is 22.1 Å². The van der Waals surface area contributed by atoms with E-state index in [-0.39, 0.29) is 11.5 Å². The molecule has 2 heterocycles. The molecule has 1 fully saturated rings. The lowest BCUT2D eigenvalue weighted by Gasteiger charge is -2.19. The van der Waals surface area contributed by atoms with Gasteiger partial charge in [0.05, 0.1) is 10.4 Å². The van der Waals surface area contributed by atoms with Gasteiger partial charge in [-0.1, -0.05) is 0 Å². The average Bonchev–Trinajstić information content (AvgIpc) is 2.55. The van der Waals surface area contributed by atoms with E-state index >= 15 is 0 Å². The van der Waals surface area contributed by atoms with E-state index in [1.807, 2.05) is 0 Å². The molecule has 1 N–H and O–H groups in total. The zero-order valence-electron chi connectivity index (χ0n) is 9.63. The van der Waals surface area contributed by atoms with Gasteiger partial charge in [-0.15, -0.1) is 11.3 Å². The molecular weight excluding hydrogens is 358 g/mol. The Morgan fingerprint density at radius 1 is 1.39 bits per heavy atom. The van der Waals surface area contributed by atoms with Crippen LogP contribution < -0.4 is 0 Å². The van der Waals surface area contributed by atoms with Gasteiger partial charge in [0.1, 0.15) is 4.90 Å². The molecule has 0 saturated carbocycles. The van der Waals surface area contributed by atoms with Gasteiger partial charge in [0.25, 0.3) is 0 Å². The SMILES string of the molecule is O=S(=O)(c1cc(CO)sc1Br)N1CCCSCC1. The highest BCUT2D eigenvalue weighted by molar-refractivity contribution is 9.11. The third-order valence-electron chi connectivity index (χ3n) is 2.66. The first-order valence-corrected chi connectivity index (χ1v) is 9.73. The van der Waals surface area contributed by atoms with Gasteiger partial charge in [-0.05, 0) is 34.2 Å². The van der Waals surface area contributed by atoms with Crippen LogP contribution in [0.1, 0.15) is 11.3 Å². The summed E-state index contributed by atoms with van der Waals surface area (Å²) in [6.45, 7) is 1.00. The molecule has 0 bridgehead atoms. The van der Waals surface area contributed by atoms with Crippen molar-refractivity contribution >= 4 is 49.1 Å². The van der Waals surface area contributed by atoms with Crippen molar-refractivity contribution in [3.8, 4) is 0 Å². The molecular formula is C10H14BrNO3S3. The first-order chi connectivity index (χ1) is 8.55. The van der Waals surface area contributed by atoms with Crippen LogP contribution in [0.5, 0.6) is 0 Å². The number of thiophene rings is 1. The molecule has 0 radical (unpaired) electrons. The van der Waals surface area contributed by atoms with Gasteiger partial charge in [0, 0.05) is 23.7 Å². The molecule has 1 aliphatic rings. The van der Waals surface area contributed by atoms with Crippen molar-refractivity contribution in [3.63, 3.8) is 0 Å². The van der Waals surface area contributed by atoms with E-state index in [4.69, 9.17) is 5.11 Å². The van der Waals surface area contributed by atoms with Crippen molar-refractivity contribution in [2.24, 2.45) is 0 Å². The van der Waals surface area contributed by atoms with Crippen LogP contribution in [-0.4, -0.2) is 42.4 Å². The molecule has 1 aliphatic heterocycles. The minimum absolute atomic E-state index is 0.130. The Hall–Kier alpha value is 0.400. The molecule has 4 nitrogen and oxygen atoms in total. The Morgan fingerprint density at radius 2 is 2.17 bits per heavy atom. The summed E-state index contributed by atoms with van der Waals surface area (Å²) in [6.07, 6.45) is 0.887. The van der Waals surface area contributed by atoms with Crippen LogP contribution >= 0.6 is 39.0 Å². The maximum absolute atomic E-state index is 12.5. The van der Waals surface area contributed by atoms with E-state index < -0.39 is 10.0 Å². The highest BCUT2D eigenvalue weighted by Crippen LogP contribution is 2.34. The lowest BCUT2D eigenvalue weighted by molar-refractivity contribution is 0.285. The van der Waals surface area contributed by atoms with Crippen molar-refractivity contribution < 1.29 is 13.5 Å². The summed E-state index contributed by atoms with van der Waals surface area (Å²) < 4.78 is 27.1. The zero-order valence-corrected chi connectivity index (χ0v) is 13.7. The first-order valence-electron chi connectivity index (χ1n) is 5.52. The highest BCUT2D eigenvalue weighted by atomic mass is 79.9. The minimum atomic E-state index is -3.43. The topological polar surface area (TPSA) is 57.6 Å². The molecule has 1 aromatic heterocycles. The number of rotatable bonds is 3. The molecule has 0 atom stereocenters. The predicted molar refractivity (Wildman–Crippen MR) is 78.6 cm³/mol. The molecule has 8 heteroatoms. The number of hydrogen-bond acceptors (Lipinski definition) is 5. The summed E-state index contributed by atoms with van der Waals surface area (Å²) in [7, 11) is -3.43. The fourth-order valence-electron chi connectivity index (χ4n) is 1.75. The van der Waals surface area contributed by atoms with Gasteiger partial charge in [-0.2, -0.15) is 16.1 Å². The predicted octanol–water partition coefficient (Wildman–Crippen LogP) is 2.13. The molecule has 0 unspecified atom stereocenters. The third kappa shape index (κ3) is 3.10. The quantitative estimate of drug-likeness (QED) is 0.883. The number of halogens is 1. The van der Waals surface area contributed by atoms with Crippen molar-refractivity contribution in [2.45, 2.75) is 17.9 Å². The smallest absolute Gasteiger partial charge is 0.245 e. The van der Waals surface area contributed by atoms with E-state index in [0.29, 0.717) is 21.8 Å². The largest absolute Gasteiger partial charge is 0.391 e. The van der Waals surface area contributed by atoms with Crippen LogP contribution in [0.3, 0.4) is 0 Å². The van der Waals surface area contributed by atoms with E-state index in [1.165, 1.54) is 11.3 Å². The minimum Gasteiger partial charge on any atom is -0.391 e. The number of thioether (sulfide) groups is 1. The Morgan fingerprint density at radius 3 is 2.83 bits per heavy atom. The van der Waals surface area contributed by atoms with Gasteiger partial charge < -0.3 is 5.11 Å². The number of aliphatic hydroxyl groups excluding tert-OH is 1. The summed E-state index contributed by atoms with van der Waals surface area (Å²) in [6, 6.07) is 1.56. The van der Waals surface area contributed by atoms with Gasteiger partial charge in [-0.25, -0.2) is 8.42 Å². The second-order valence-electron chi connectivity index (χ2n) is 3.88. The van der Waals surface area contributed by atoms with Crippen LogP contribution in [-0.2, 0) is 16.6 Å². The molecule has 0 aromatic carbocycles. The van der Waals surface area contributed by atoms with Crippen LogP contribution in [0.2, 0.25) is 0 Å². The second-order valence-corrected chi connectivity index (χ2v) is 9.46. The fraction of sp³-hybridized carbons (Fsp3) is 0.600. The van der Waals surface area contributed by atoms with Gasteiger partial charge >= 0.3 is 0 Å². The van der Waals surface area contributed by atoms with Gasteiger partial charge in [-0.3, -0.25) is 0 Å². The van der Waals surface area contributed by atoms with Gasteiger partial charge in [0.15, 0.2) is 0 Å². The van der Waals surface area contributed by atoms with Crippen LogP contribution in [0.4, 0.5) is 0 Å². The Bertz CT molecular complexity index is 506. The molecule has 102 valence electrons. The molecule has 1 aromatic rings. The highest BCUT2D eigenvalue weighted by Gasteiger charge is 2.28. The monoisotopic (exact) mass is 371 g/mol. The van der Waals surface area contributed by atoms with Gasteiger partial charge in [0.2, 0.25) is 10.0 Å². The molecule has 0 spiro atoms. The van der Waals surface area contributed by atoms with Crippen molar-refractivity contribution in [2.75, 3.05) is 24.6 Å². The third-order valence-corrected chi connectivity index (χ3v) is 7.85. The summed E-state index contributed by atoms with van der Waals surface area (Å²) in [5.41, 5.74) is 0. The summed E-state index contributed by atoms with van der Waals surface area (Å²) in [5, 5.41) is 9.07. The Kier molecular flexibility index (Phi) is 5.13. The standard InChI is InChI=1S/C10H14BrNO3S3/c11-10-9(6-8(7-13)17-10)18(14,15)12-2-1-4-16-5-3-12/h6,13H,1-5,7H2. The van der Waals surface area contributed by atoms with E-state index in [0.717, 1.165) is 17.9 Å². The molecule has 2 rings (SSSR count). The van der Waals surface area contributed by atoms with E-state index in [9.17, 15) is 8.42 Å². The van der Waals surface area contributed by atoms with Crippen molar-refractivity contribution in [3.05, 3.63) is 14.7 Å². The molecule has 0 aliphatic carbocycles. The first kappa shape index (κ1) is 14.8. The fourth-order valence-corrected chi connectivity index (χ4v) is 6.73. The number of sulfonamides is 1. The maximum Gasteiger partial charge on any atom is 0.245 e. The number of hydrogen-bond donors (Lipinski definition) is 1. The summed E-state index contributed by atoms with van der Waals surface area (Å²) in [5.74, 6) is 1.85. The molecule has 1 saturated heterocycles. The van der Waals surface area contributed by atoms with Crippen molar-refractivity contribution in [1.29, 1.82) is 0 Å². The Balaban J connectivity index is 2.31. The lowest BCUT2D eigenvalue weighted by Crippen LogP contribution is -2.32.